The van der Waals surface area contributed by atoms with E-state index in [4.69, 9.17) is 38.8 Å². The first-order chi connectivity index (χ1) is 4.99. The standard InChI is InChI=1S/C6H11Cl2OPS/c1-5-3-2-4-6(5)9-10(7,8)11/h5-6H,2-4H2,1H3/t5-,6+/m0/s1. The van der Waals surface area contributed by atoms with Crippen molar-refractivity contribution in [3.05, 3.63) is 0 Å². The highest BCUT2D eigenvalue weighted by Crippen LogP contribution is 2.60. The van der Waals surface area contributed by atoms with E-state index >= 15 is 0 Å². The van der Waals surface area contributed by atoms with Gasteiger partial charge in [-0.1, -0.05) is 13.3 Å². The van der Waals surface area contributed by atoms with Gasteiger partial charge in [0.2, 0.25) is 4.97 Å². The average molecular weight is 233 g/mol. The van der Waals surface area contributed by atoms with Gasteiger partial charge in [-0.2, -0.15) is 0 Å². The fraction of sp³-hybridized carbons (Fsp3) is 1.00. The molecular weight excluding hydrogens is 222 g/mol. The maximum Gasteiger partial charge on any atom is 0.240 e. The summed E-state index contributed by atoms with van der Waals surface area (Å²) in [6.07, 6.45) is 3.66. The van der Waals surface area contributed by atoms with E-state index < -0.39 is 4.97 Å². The molecule has 1 aliphatic rings. The molecule has 0 spiro atoms. The molecule has 0 amide bonds. The van der Waals surface area contributed by atoms with Crippen molar-refractivity contribution in [3.63, 3.8) is 0 Å². The van der Waals surface area contributed by atoms with E-state index in [2.05, 4.69) is 6.92 Å². The molecule has 1 saturated carbocycles. The Hall–Kier alpha value is 1.19. The summed E-state index contributed by atoms with van der Waals surface area (Å²) in [7, 11) is 0. The summed E-state index contributed by atoms with van der Waals surface area (Å²) in [6.45, 7) is 2.15. The molecule has 0 aromatic heterocycles. The number of hydrogen-bond acceptors (Lipinski definition) is 2. The first-order valence-electron chi connectivity index (χ1n) is 3.67. The van der Waals surface area contributed by atoms with Gasteiger partial charge in [-0.15, -0.1) is 0 Å². The fourth-order valence-corrected chi connectivity index (χ4v) is 3.00. The third-order valence-electron chi connectivity index (χ3n) is 2.04. The lowest BCUT2D eigenvalue weighted by Gasteiger charge is -2.18. The van der Waals surface area contributed by atoms with E-state index in [0.717, 1.165) is 6.42 Å². The SMILES string of the molecule is C[C@H]1CCC[C@H]1OP(=S)(Cl)Cl. The number of halogens is 2. The summed E-state index contributed by atoms with van der Waals surface area (Å²) in [5.41, 5.74) is 0. The van der Waals surface area contributed by atoms with Gasteiger partial charge in [-0.25, -0.2) is 0 Å². The van der Waals surface area contributed by atoms with Crippen LogP contribution in [0.15, 0.2) is 0 Å². The van der Waals surface area contributed by atoms with E-state index in [0.29, 0.717) is 5.92 Å². The molecule has 0 aliphatic heterocycles. The Labute approximate surface area is 82.1 Å². The molecule has 0 aromatic carbocycles. The van der Waals surface area contributed by atoms with Crippen molar-refractivity contribution in [2.75, 3.05) is 0 Å². The Morgan fingerprint density at radius 1 is 1.45 bits per heavy atom. The highest BCUT2D eigenvalue weighted by atomic mass is 35.9. The fourth-order valence-electron chi connectivity index (χ4n) is 1.43. The lowest BCUT2D eigenvalue weighted by molar-refractivity contribution is 0.195. The number of hydrogen-bond donors (Lipinski definition) is 0. The highest BCUT2D eigenvalue weighted by molar-refractivity contribution is 8.36. The molecule has 0 aromatic rings. The first-order valence-corrected chi connectivity index (χ1v) is 8.20. The Morgan fingerprint density at radius 3 is 2.45 bits per heavy atom. The van der Waals surface area contributed by atoms with Crippen molar-refractivity contribution in [2.24, 2.45) is 5.92 Å². The second kappa shape index (κ2) is 3.93. The second-order valence-electron chi connectivity index (χ2n) is 2.97. The molecule has 11 heavy (non-hydrogen) atoms. The zero-order valence-electron chi connectivity index (χ0n) is 6.30. The van der Waals surface area contributed by atoms with Crippen molar-refractivity contribution in [1.29, 1.82) is 0 Å². The zero-order chi connectivity index (χ0) is 8.48. The van der Waals surface area contributed by atoms with Gasteiger partial charge >= 0.3 is 0 Å². The van der Waals surface area contributed by atoms with Crippen LogP contribution in [0.25, 0.3) is 0 Å². The van der Waals surface area contributed by atoms with E-state index in [-0.39, 0.29) is 6.10 Å². The largest absolute Gasteiger partial charge is 0.323 e. The van der Waals surface area contributed by atoms with Crippen LogP contribution < -0.4 is 0 Å². The predicted molar refractivity (Wildman–Crippen MR) is 53.9 cm³/mol. The lowest BCUT2D eigenvalue weighted by Crippen LogP contribution is -2.11. The molecule has 0 unspecified atom stereocenters. The molecule has 66 valence electrons. The Morgan fingerprint density at radius 2 is 2.09 bits per heavy atom. The topological polar surface area (TPSA) is 9.23 Å². The molecule has 0 saturated heterocycles. The monoisotopic (exact) mass is 232 g/mol. The minimum atomic E-state index is -2.47. The van der Waals surface area contributed by atoms with Crippen LogP contribution in [0, 0.1) is 5.92 Å². The van der Waals surface area contributed by atoms with Crippen molar-refractivity contribution in [1.82, 2.24) is 0 Å². The van der Waals surface area contributed by atoms with Crippen LogP contribution in [0.2, 0.25) is 0 Å². The predicted octanol–water partition coefficient (Wildman–Crippen LogP) is 3.89. The molecule has 1 fully saturated rings. The molecule has 0 bridgehead atoms. The highest BCUT2D eigenvalue weighted by Gasteiger charge is 2.28. The van der Waals surface area contributed by atoms with Gasteiger partial charge < -0.3 is 4.52 Å². The van der Waals surface area contributed by atoms with E-state index in [9.17, 15) is 0 Å². The van der Waals surface area contributed by atoms with Crippen molar-refractivity contribution >= 4 is 39.3 Å². The molecule has 0 radical (unpaired) electrons. The Kier molecular flexibility index (Phi) is 3.67. The van der Waals surface area contributed by atoms with Crippen LogP contribution >= 0.6 is 27.5 Å². The normalized spacial score (nSPS) is 32.6. The van der Waals surface area contributed by atoms with Crippen molar-refractivity contribution in [3.8, 4) is 0 Å². The maximum absolute atomic E-state index is 5.65. The van der Waals surface area contributed by atoms with Crippen molar-refractivity contribution in [2.45, 2.75) is 32.3 Å². The van der Waals surface area contributed by atoms with Crippen LogP contribution in [0.3, 0.4) is 0 Å². The molecule has 2 atom stereocenters. The molecule has 0 heterocycles. The van der Waals surface area contributed by atoms with Gasteiger partial charge in [0.15, 0.2) is 0 Å². The number of rotatable bonds is 2. The van der Waals surface area contributed by atoms with Gasteiger partial charge in [-0.05, 0) is 53.0 Å². The van der Waals surface area contributed by atoms with Crippen LogP contribution in [0.4, 0.5) is 0 Å². The van der Waals surface area contributed by atoms with Crippen molar-refractivity contribution < 1.29 is 4.52 Å². The maximum atomic E-state index is 5.65. The van der Waals surface area contributed by atoms with Gasteiger partial charge in [0.1, 0.15) is 0 Å². The summed E-state index contributed by atoms with van der Waals surface area (Å²) in [6, 6.07) is 0. The first kappa shape index (κ1) is 10.3. The molecule has 1 aliphatic carbocycles. The van der Waals surface area contributed by atoms with Crippen LogP contribution in [0.5, 0.6) is 0 Å². The molecule has 0 N–H and O–H groups in total. The average Bonchev–Trinajstić information content (AvgIpc) is 2.12. The molecule has 5 heteroatoms. The quantitative estimate of drug-likeness (QED) is 0.669. The van der Waals surface area contributed by atoms with Gasteiger partial charge in [0.25, 0.3) is 0 Å². The summed E-state index contributed by atoms with van der Waals surface area (Å²) in [4.78, 5) is -2.47. The van der Waals surface area contributed by atoms with Gasteiger partial charge in [0, 0.05) is 0 Å². The Bertz CT molecular complexity index is 181. The second-order valence-corrected chi connectivity index (χ2v) is 10.1. The summed E-state index contributed by atoms with van der Waals surface area (Å²) in [5.74, 6) is 0.565. The van der Waals surface area contributed by atoms with Gasteiger partial charge in [-0.3, -0.25) is 0 Å². The minimum absolute atomic E-state index is 0.204. The zero-order valence-corrected chi connectivity index (χ0v) is 9.52. The smallest absolute Gasteiger partial charge is 0.240 e. The lowest BCUT2D eigenvalue weighted by atomic mass is 10.1. The summed E-state index contributed by atoms with van der Waals surface area (Å²) in [5, 5.41) is 0. The van der Waals surface area contributed by atoms with Crippen LogP contribution in [0.1, 0.15) is 26.2 Å². The summed E-state index contributed by atoms with van der Waals surface area (Å²) >= 11 is 16.1. The van der Waals surface area contributed by atoms with Crippen LogP contribution in [-0.4, -0.2) is 6.10 Å². The van der Waals surface area contributed by atoms with Crippen LogP contribution in [-0.2, 0) is 16.3 Å². The Balaban J connectivity index is 2.43. The molecule has 1 nitrogen and oxygen atoms in total. The minimum Gasteiger partial charge on any atom is -0.323 e. The molecular formula is C6H11Cl2OPS. The third kappa shape index (κ3) is 3.61. The third-order valence-corrected chi connectivity index (χ3v) is 3.29. The van der Waals surface area contributed by atoms with E-state index in [1.54, 1.807) is 0 Å². The summed E-state index contributed by atoms with van der Waals surface area (Å²) < 4.78 is 5.37. The molecule has 1 rings (SSSR count). The van der Waals surface area contributed by atoms with Gasteiger partial charge in [0.05, 0.1) is 6.10 Å². The van der Waals surface area contributed by atoms with E-state index in [1.165, 1.54) is 12.8 Å². The van der Waals surface area contributed by atoms with E-state index in [1.807, 2.05) is 0 Å².